The average molecular weight is 250 g/mol. The van der Waals surface area contributed by atoms with Gasteiger partial charge in [0.2, 0.25) is 5.91 Å². The minimum atomic E-state index is 0.0567. The number of nitrogens with one attached hydrogen (secondary N) is 1. The standard InChI is InChI=1S/C14H22N2O2/c1-11(9-15)7-8-14(17)16-10-12-5-3-4-6-13(12)18-2/h3-6,11H,7-10,15H2,1-2H3,(H,16,17). The number of ether oxygens (including phenoxy) is 1. The van der Waals surface area contributed by atoms with Crippen LogP contribution in [0.2, 0.25) is 0 Å². The lowest BCUT2D eigenvalue weighted by molar-refractivity contribution is -0.121. The molecule has 4 nitrogen and oxygen atoms in total. The highest BCUT2D eigenvalue weighted by Crippen LogP contribution is 2.16. The van der Waals surface area contributed by atoms with Crippen LogP contribution in [0, 0.1) is 5.92 Å². The second-order valence-electron chi connectivity index (χ2n) is 4.47. The molecule has 1 aromatic rings. The van der Waals surface area contributed by atoms with Crippen LogP contribution in [0.4, 0.5) is 0 Å². The van der Waals surface area contributed by atoms with E-state index in [0.29, 0.717) is 25.4 Å². The predicted molar refractivity (Wildman–Crippen MR) is 72.3 cm³/mol. The Kier molecular flexibility index (Phi) is 6.22. The lowest BCUT2D eigenvalue weighted by atomic mass is 10.1. The fraction of sp³-hybridized carbons (Fsp3) is 0.500. The molecule has 1 atom stereocenters. The molecule has 0 aliphatic rings. The molecule has 0 heterocycles. The molecule has 4 heteroatoms. The maximum Gasteiger partial charge on any atom is 0.220 e. The Bertz CT molecular complexity index is 380. The van der Waals surface area contributed by atoms with E-state index in [4.69, 9.17) is 10.5 Å². The highest BCUT2D eigenvalue weighted by Gasteiger charge is 2.07. The van der Waals surface area contributed by atoms with Gasteiger partial charge in [-0.15, -0.1) is 0 Å². The van der Waals surface area contributed by atoms with Gasteiger partial charge in [-0.1, -0.05) is 25.1 Å². The first kappa shape index (κ1) is 14.5. The highest BCUT2D eigenvalue weighted by atomic mass is 16.5. The molecular formula is C14H22N2O2. The van der Waals surface area contributed by atoms with Crippen molar-refractivity contribution < 1.29 is 9.53 Å². The number of para-hydroxylation sites is 1. The van der Waals surface area contributed by atoms with Crippen molar-refractivity contribution in [3.63, 3.8) is 0 Å². The molecular weight excluding hydrogens is 228 g/mol. The largest absolute Gasteiger partial charge is 0.496 e. The van der Waals surface area contributed by atoms with Crippen LogP contribution in [0.1, 0.15) is 25.3 Å². The van der Waals surface area contributed by atoms with Crippen LogP contribution >= 0.6 is 0 Å². The van der Waals surface area contributed by atoms with E-state index in [-0.39, 0.29) is 5.91 Å². The van der Waals surface area contributed by atoms with Gasteiger partial charge in [-0.25, -0.2) is 0 Å². The second-order valence-corrected chi connectivity index (χ2v) is 4.47. The maximum atomic E-state index is 11.6. The minimum absolute atomic E-state index is 0.0567. The number of rotatable bonds is 7. The summed E-state index contributed by atoms with van der Waals surface area (Å²) in [5.74, 6) is 1.25. The Morgan fingerprint density at radius 1 is 1.44 bits per heavy atom. The molecule has 0 spiro atoms. The SMILES string of the molecule is COc1ccccc1CNC(=O)CCC(C)CN. The number of nitrogens with two attached hydrogens (primary N) is 1. The second kappa shape index (κ2) is 7.71. The molecule has 0 radical (unpaired) electrons. The summed E-state index contributed by atoms with van der Waals surface area (Å²) in [6.45, 7) is 3.17. The van der Waals surface area contributed by atoms with E-state index in [9.17, 15) is 4.79 Å². The molecule has 0 bridgehead atoms. The van der Waals surface area contributed by atoms with Gasteiger partial charge in [0.1, 0.15) is 5.75 Å². The quantitative estimate of drug-likeness (QED) is 0.774. The van der Waals surface area contributed by atoms with Crippen molar-refractivity contribution in [2.75, 3.05) is 13.7 Å². The third kappa shape index (κ3) is 4.75. The molecule has 1 rings (SSSR count). The van der Waals surface area contributed by atoms with E-state index in [2.05, 4.69) is 5.32 Å². The van der Waals surface area contributed by atoms with Crippen LogP contribution in [-0.2, 0) is 11.3 Å². The lowest BCUT2D eigenvalue weighted by Crippen LogP contribution is -2.24. The monoisotopic (exact) mass is 250 g/mol. The number of hydrogen-bond acceptors (Lipinski definition) is 3. The van der Waals surface area contributed by atoms with Crippen molar-refractivity contribution in [1.29, 1.82) is 0 Å². The van der Waals surface area contributed by atoms with Gasteiger partial charge in [-0.05, 0) is 24.9 Å². The third-order valence-electron chi connectivity index (χ3n) is 2.94. The number of carbonyl (C=O) groups is 1. The van der Waals surface area contributed by atoms with Gasteiger partial charge < -0.3 is 15.8 Å². The number of benzene rings is 1. The summed E-state index contributed by atoms with van der Waals surface area (Å²) in [5.41, 5.74) is 6.50. The Balaban J connectivity index is 2.38. The third-order valence-corrected chi connectivity index (χ3v) is 2.94. The Morgan fingerprint density at radius 2 is 2.17 bits per heavy atom. The van der Waals surface area contributed by atoms with E-state index in [0.717, 1.165) is 17.7 Å². The van der Waals surface area contributed by atoms with Crippen LogP contribution in [0.5, 0.6) is 5.75 Å². The highest BCUT2D eigenvalue weighted by molar-refractivity contribution is 5.75. The average Bonchev–Trinajstić information content (AvgIpc) is 2.42. The topological polar surface area (TPSA) is 64.3 Å². The van der Waals surface area contributed by atoms with E-state index in [1.54, 1.807) is 7.11 Å². The van der Waals surface area contributed by atoms with Gasteiger partial charge in [0.05, 0.1) is 7.11 Å². The van der Waals surface area contributed by atoms with Crippen molar-refractivity contribution in [2.24, 2.45) is 11.7 Å². The van der Waals surface area contributed by atoms with Crippen LogP contribution in [0.15, 0.2) is 24.3 Å². The molecule has 0 aliphatic carbocycles. The molecule has 1 amide bonds. The normalized spacial score (nSPS) is 11.9. The molecule has 0 saturated carbocycles. The van der Waals surface area contributed by atoms with Crippen molar-refractivity contribution in [2.45, 2.75) is 26.3 Å². The van der Waals surface area contributed by atoms with Crippen LogP contribution in [0.25, 0.3) is 0 Å². The van der Waals surface area contributed by atoms with Gasteiger partial charge in [0.15, 0.2) is 0 Å². The first-order chi connectivity index (χ1) is 8.67. The molecule has 1 aromatic carbocycles. The van der Waals surface area contributed by atoms with E-state index >= 15 is 0 Å². The lowest BCUT2D eigenvalue weighted by Gasteiger charge is -2.11. The minimum Gasteiger partial charge on any atom is -0.496 e. The fourth-order valence-corrected chi connectivity index (χ4v) is 1.63. The summed E-state index contributed by atoms with van der Waals surface area (Å²) >= 11 is 0. The van der Waals surface area contributed by atoms with Gasteiger partial charge in [-0.3, -0.25) is 4.79 Å². The molecule has 0 aliphatic heterocycles. The number of carbonyl (C=O) groups excluding carboxylic acids is 1. The number of methoxy groups -OCH3 is 1. The van der Waals surface area contributed by atoms with E-state index in [1.165, 1.54) is 0 Å². The number of amides is 1. The van der Waals surface area contributed by atoms with Crippen molar-refractivity contribution >= 4 is 5.91 Å². The van der Waals surface area contributed by atoms with Gasteiger partial charge in [-0.2, -0.15) is 0 Å². The Morgan fingerprint density at radius 3 is 2.83 bits per heavy atom. The zero-order valence-corrected chi connectivity index (χ0v) is 11.1. The molecule has 18 heavy (non-hydrogen) atoms. The summed E-state index contributed by atoms with van der Waals surface area (Å²) in [4.78, 5) is 11.6. The zero-order chi connectivity index (χ0) is 13.4. The molecule has 100 valence electrons. The van der Waals surface area contributed by atoms with Crippen molar-refractivity contribution in [3.05, 3.63) is 29.8 Å². The zero-order valence-electron chi connectivity index (χ0n) is 11.1. The van der Waals surface area contributed by atoms with Gasteiger partial charge in [0, 0.05) is 18.5 Å². The summed E-state index contributed by atoms with van der Waals surface area (Å²) in [6, 6.07) is 7.67. The van der Waals surface area contributed by atoms with Crippen LogP contribution < -0.4 is 15.8 Å². The Hall–Kier alpha value is -1.55. The smallest absolute Gasteiger partial charge is 0.220 e. The molecule has 1 unspecified atom stereocenters. The molecule has 0 fully saturated rings. The van der Waals surface area contributed by atoms with Crippen molar-refractivity contribution in [3.8, 4) is 5.75 Å². The molecule has 0 saturated heterocycles. The molecule has 0 aromatic heterocycles. The molecule has 3 N–H and O–H groups in total. The first-order valence-electron chi connectivity index (χ1n) is 6.26. The van der Waals surface area contributed by atoms with Crippen LogP contribution in [0.3, 0.4) is 0 Å². The van der Waals surface area contributed by atoms with Gasteiger partial charge >= 0.3 is 0 Å². The van der Waals surface area contributed by atoms with Crippen LogP contribution in [-0.4, -0.2) is 19.6 Å². The summed E-state index contributed by atoms with van der Waals surface area (Å²) in [5, 5.41) is 2.89. The number of hydrogen-bond donors (Lipinski definition) is 2. The Labute approximate surface area is 109 Å². The van der Waals surface area contributed by atoms with E-state index in [1.807, 2.05) is 31.2 Å². The first-order valence-corrected chi connectivity index (χ1v) is 6.26. The summed E-state index contributed by atoms with van der Waals surface area (Å²) in [7, 11) is 1.63. The summed E-state index contributed by atoms with van der Waals surface area (Å²) < 4.78 is 5.23. The van der Waals surface area contributed by atoms with Gasteiger partial charge in [0.25, 0.3) is 0 Å². The summed E-state index contributed by atoms with van der Waals surface area (Å²) in [6.07, 6.45) is 1.35. The maximum absolute atomic E-state index is 11.6. The van der Waals surface area contributed by atoms with E-state index < -0.39 is 0 Å². The van der Waals surface area contributed by atoms with Crippen molar-refractivity contribution in [1.82, 2.24) is 5.32 Å². The fourth-order valence-electron chi connectivity index (χ4n) is 1.63. The predicted octanol–water partition coefficient (Wildman–Crippen LogP) is 1.69.